The molecule has 1 amide bonds. The Kier molecular flexibility index (Phi) is 7.88. The summed E-state index contributed by atoms with van der Waals surface area (Å²) in [5, 5.41) is 2.91. The molecule has 150 valence electrons. The minimum absolute atomic E-state index is 0.0696. The summed E-state index contributed by atoms with van der Waals surface area (Å²) < 4.78 is 11.1. The van der Waals surface area contributed by atoms with Crippen molar-refractivity contribution in [3.63, 3.8) is 0 Å². The third-order valence-corrected chi connectivity index (χ3v) is 4.84. The number of nitrogens with one attached hydrogen (secondary N) is 1. The molecule has 5 nitrogen and oxygen atoms in total. The first-order valence-electron chi connectivity index (χ1n) is 10.1. The number of ether oxygens (including phenoxy) is 2. The third kappa shape index (κ3) is 6.36. The lowest BCUT2D eigenvalue weighted by Crippen LogP contribution is -2.35. The van der Waals surface area contributed by atoms with Crippen molar-refractivity contribution in [1.29, 1.82) is 0 Å². The Hall–Kier alpha value is -2.37. The van der Waals surface area contributed by atoms with Gasteiger partial charge < -0.3 is 14.8 Å². The molecule has 0 aliphatic carbocycles. The molecule has 1 aliphatic heterocycles. The Labute approximate surface area is 167 Å². The molecule has 1 N–H and O–H groups in total. The predicted octanol–water partition coefficient (Wildman–Crippen LogP) is 3.28. The van der Waals surface area contributed by atoms with Crippen molar-refractivity contribution in [2.45, 2.75) is 26.3 Å². The van der Waals surface area contributed by atoms with E-state index in [0.29, 0.717) is 18.7 Å². The molecule has 1 saturated heterocycles. The van der Waals surface area contributed by atoms with Gasteiger partial charge in [-0.2, -0.15) is 0 Å². The van der Waals surface area contributed by atoms with Gasteiger partial charge in [0.1, 0.15) is 12.4 Å². The summed E-state index contributed by atoms with van der Waals surface area (Å²) in [6, 6.07) is 16.0. The van der Waals surface area contributed by atoms with Crippen LogP contribution in [-0.4, -0.2) is 50.3 Å². The highest BCUT2D eigenvalue weighted by atomic mass is 16.5. The van der Waals surface area contributed by atoms with Crippen molar-refractivity contribution < 1.29 is 14.3 Å². The van der Waals surface area contributed by atoms with Crippen LogP contribution in [-0.2, 0) is 17.7 Å². The van der Waals surface area contributed by atoms with E-state index >= 15 is 0 Å². The molecule has 0 unspecified atom stereocenters. The molecule has 1 fully saturated rings. The van der Waals surface area contributed by atoms with Gasteiger partial charge in [-0.05, 0) is 41.8 Å². The average Bonchev–Trinajstić information content (AvgIpc) is 2.74. The topological polar surface area (TPSA) is 50.8 Å². The third-order valence-electron chi connectivity index (χ3n) is 4.84. The van der Waals surface area contributed by atoms with E-state index in [2.05, 4.69) is 29.3 Å². The van der Waals surface area contributed by atoms with Gasteiger partial charge in [0.15, 0.2) is 0 Å². The number of aryl methyl sites for hydroxylation is 1. The molecule has 3 rings (SSSR count). The zero-order chi connectivity index (χ0) is 19.6. The first-order chi connectivity index (χ1) is 13.7. The summed E-state index contributed by atoms with van der Waals surface area (Å²) in [6.45, 7) is 7.52. The normalized spacial score (nSPS) is 14.6. The number of hydrogen-bond donors (Lipinski definition) is 1. The fourth-order valence-corrected chi connectivity index (χ4v) is 3.26. The van der Waals surface area contributed by atoms with Crippen LogP contribution < -0.4 is 10.1 Å². The van der Waals surface area contributed by atoms with Crippen LogP contribution in [0.4, 0.5) is 0 Å². The van der Waals surface area contributed by atoms with E-state index in [1.807, 2.05) is 36.4 Å². The summed E-state index contributed by atoms with van der Waals surface area (Å²) in [6.07, 6.45) is 2.22. The van der Waals surface area contributed by atoms with E-state index in [1.165, 1.54) is 11.1 Å². The summed E-state index contributed by atoms with van der Waals surface area (Å²) >= 11 is 0. The molecule has 28 heavy (non-hydrogen) atoms. The Morgan fingerprint density at radius 3 is 2.39 bits per heavy atom. The van der Waals surface area contributed by atoms with E-state index in [0.717, 1.165) is 51.4 Å². The summed E-state index contributed by atoms with van der Waals surface area (Å²) in [7, 11) is 0. The quantitative estimate of drug-likeness (QED) is 0.676. The van der Waals surface area contributed by atoms with Crippen molar-refractivity contribution >= 4 is 5.91 Å². The van der Waals surface area contributed by atoms with Crippen molar-refractivity contribution in [3.8, 4) is 5.75 Å². The predicted molar refractivity (Wildman–Crippen MR) is 111 cm³/mol. The van der Waals surface area contributed by atoms with E-state index in [1.54, 1.807) is 0 Å². The molecule has 0 bridgehead atoms. The fraction of sp³-hybridized carbons (Fsp3) is 0.435. The minimum atomic E-state index is -0.0696. The van der Waals surface area contributed by atoms with Crippen molar-refractivity contribution in [2.24, 2.45) is 0 Å². The Balaban J connectivity index is 1.38. The molecule has 0 atom stereocenters. The zero-order valence-electron chi connectivity index (χ0n) is 16.7. The van der Waals surface area contributed by atoms with Crippen LogP contribution in [0.3, 0.4) is 0 Å². The molecule has 1 heterocycles. The largest absolute Gasteiger partial charge is 0.492 e. The molecule has 0 saturated carbocycles. The second-order valence-corrected chi connectivity index (χ2v) is 7.08. The van der Waals surface area contributed by atoms with Gasteiger partial charge in [-0.25, -0.2) is 0 Å². The molecule has 0 radical (unpaired) electrons. The number of benzene rings is 2. The monoisotopic (exact) mass is 382 g/mol. The van der Waals surface area contributed by atoms with E-state index in [9.17, 15) is 4.79 Å². The zero-order valence-corrected chi connectivity index (χ0v) is 16.7. The van der Waals surface area contributed by atoms with Crippen molar-refractivity contribution in [3.05, 3.63) is 65.2 Å². The highest BCUT2D eigenvalue weighted by Crippen LogP contribution is 2.13. The van der Waals surface area contributed by atoms with Crippen LogP contribution in [0.5, 0.6) is 5.75 Å². The highest BCUT2D eigenvalue weighted by molar-refractivity contribution is 5.94. The number of carbonyl (C=O) groups excluding carboxylic acids is 1. The van der Waals surface area contributed by atoms with E-state index in [4.69, 9.17) is 9.47 Å². The van der Waals surface area contributed by atoms with Gasteiger partial charge in [0.25, 0.3) is 5.91 Å². The van der Waals surface area contributed by atoms with Gasteiger partial charge in [0.2, 0.25) is 0 Å². The van der Waals surface area contributed by atoms with Gasteiger partial charge >= 0.3 is 0 Å². The number of rotatable bonds is 9. The maximum absolute atomic E-state index is 12.3. The van der Waals surface area contributed by atoms with Gasteiger partial charge in [0, 0.05) is 25.2 Å². The van der Waals surface area contributed by atoms with Crippen molar-refractivity contribution in [2.75, 3.05) is 39.5 Å². The number of amides is 1. The van der Waals surface area contributed by atoms with Crippen LogP contribution in [0, 0.1) is 0 Å². The first-order valence-corrected chi connectivity index (χ1v) is 10.1. The number of hydrogen-bond acceptors (Lipinski definition) is 4. The Bertz CT molecular complexity index is 723. The van der Waals surface area contributed by atoms with Crippen LogP contribution in [0.2, 0.25) is 0 Å². The maximum atomic E-state index is 12.3. The van der Waals surface area contributed by atoms with Gasteiger partial charge in [-0.1, -0.05) is 37.6 Å². The number of morpholine rings is 1. The average molecular weight is 383 g/mol. The van der Waals surface area contributed by atoms with Crippen LogP contribution in [0.15, 0.2) is 48.5 Å². The summed E-state index contributed by atoms with van der Waals surface area (Å²) in [4.78, 5) is 14.6. The second-order valence-electron chi connectivity index (χ2n) is 7.08. The first kappa shape index (κ1) is 20.4. The number of carbonyl (C=O) groups is 1. The highest BCUT2D eigenvalue weighted by Gasteiger charge is 2.11. The fourth-order valence-electron chi connectivity index (χ4n) is 3.26. The summed E-state index contributed by atoms with van der Waals surface area (Å²) in [5.74, 6) is 0.765. The number of nitrogens with zero attached hydrogens (tertiary/aromatic N) is 1. The molecule has 2 aromatic rings. The van der Waals surface area contributed by atoms with Crippen molar-refractivity contribution in [1.82, 2.24) is 10.2 Å². The molecule has 5 heteroatoms. The lowest BCUT2D eigenvalue weighted by Gasteiger charge is -2.26. The molecule has 2 aromatic carbocycles. The van der Waals surface area contributed by atoms with Gasteiger partial charge in [0.05, 0.1) is 19.8 Å². The van der Waals surface area contributed by atoms with Gasteiger partial charge in [-0.15, -0.1) is 0 Å². The minimum Gasteiger partial charge on any atom is -0.492 e. The Morgan fingerprint density at radius 2 is 1.71 bits per heavy atom. The molecular formula is C23H30N2O3. The molecule has 1 aliphatic rings. The Morgan fingerprint density at radius 1 is 1.04 bits per heavy atom. The lowest BCUT2D eigenvalue weighted by atomic mass is 10.1. The van der Waals surface area contributed by atoms with Crippen LogP contribution in [0.25, 0.3) is 0 Å². The molecular weight excluding hydrogens is 352 g/mol. The molecule has 0 aromatic heterocycles. The molecule has 0 spiro atoms. The second kappa shape index (κ2) is 10.8. The standard InChI is InChI=1S/C23H30N2O3/c1-2-3-19-6-10-22(11-7-19)28-15-12-24-23(26)21-8-4-20(5-9-21)18-25-13-16-27-17-14-25/h4-11H,2-3,12-18H2,1H3,(H,24,26). The SMILES string of the molecule is CCCc1ccc(OCCNC(=O)c2ccc(CN3CCOCC3)cc2)cc1. The van der Waals surface area contributed by atoms with Crippen LogP contribution in [0.1, 0.15) is 34.8 Å². The van der Waals surface area contributed by atoms with E-state index < -0.39 is 0 Å². The maximum Gasteiger partial charge on any atom is 0.251 e. The van der Waals surface area contributed by atoms with Gasteiger partial charge in [-0.3, -0.25) is 9.69 Å². The smallest absolute Gasteiger partial charge is 0.251 e. The van der Waals surface area contributed by atoms with E-state index in [-0.39, 0.29) is 5.91 Å². The lowest BCUT2D eigenvalue weighted by molar-refractivity contribution is 0.0342. The summed E-state index contributed by atoms with van der Waals surface area (Å²) in [5.41, 5.74) is 3.21. The van der Waals surface area contributed by atoms with Crippen LogP contribution >= 0.6 is 0 Å².